The van der Waals surface area contributed by atoms with Crippen molar-refractivity contribution < 1.29 is 9.53 Å². The first-order valence-electron chi connectivity index (χ1n) is 7.40. The van der Waals surface area contributed by atoms with Gasteiger partial charge in [-0.1, -0.05) is 24.6 Å². The molecule has 118 valence electrons. The Hall–Kier alpha value is -1.26. The zero-order valence-electron chi connectivity index (χ0n) is 12.5. The average molecular weight is 313 g/mol. The van der Waals surface area contributed by atoms with Crippen LogP contribution in [0.15, 0.2) is 30.3 Å². The second kappa shape index (κ2) is 8.90. The minimum absolute atomic E-state index is 0. The van der Waals surface area contributed by atoms with Gasteiger partial charge in [0.2, 0.25) is 5.91 Å². The standard InChI is InChI=1S/C16H24N2O2.ClH/c1-12(20-15-8-3-2-4-9-15)11-18-16(19)13-6-5-7-14(17)10-13;/h2-4,8-9,12-14H,5-7,10-11,17H2,1H3,(H,18,19);1H. The molecule has 1 amide bonds. The molecule has 1 aromatic rings. The molecule has 0 aromatic heterocycles. The number of nitrogens with one attached hydrogen (secondary N) is 1. The molecule has 3 N–H and O–H groups in total. The number of rotatable bonds is 5. The molecule has 0 saturated heterocycles. The van der Waals surface area contributed by atoms with Crippen LogP contribution in [0.3, 0.4) is 0 Å². The molecule has 1 aliphatic rings. The zero-order valence-corrected chi connectivity index (χ0v) is 13.3. The van der Waals surface area contributed by atoms with Crippen LogP contribution in [0.1, 0.15) is 32.6 Å². The Morgan fingerprint density at radius 1 is 1.38 bits per heavy atom. The maximum absolute atomic E-state index is 12.1. The van der Waals surface area contributed by atoms with E-state index in [9.17, 15) is 4.79 Å². The molecule has 5 heteroatoms. The highest BCUT2D eigenvalue weighted by molar-refractivity contribution is 5.85. The van der Waals surface area contributed by atoms with Crippen LogP contribution >= 0.6 is 12.4 Å². The van der Waals surface area contributed by atoms with Crippen LogP contribution in [-0.2, 0) is 4.79 Å². The van der Waals surface area contributed by atoms with Gasteiger partial charge < -0.3 is 15.8 Å². The third kappa shape index (κ3) is 5.94. The maximum Gasteiger partial charge on any atom is 0.223 e. The molecule has 1 saturated carbocycles. The summed E-state index contributed by atoms with van der Waals surface area (Å²) in [4.78, 5) is 12.1. The van der Waals surface area contributed by atoms with Gasteiger partial charge in [0.15, 0.2) is 0 Å². The smallest absolute Gasteiger partial charge is 0.223 e. The fraction of sp³-hybridized carbons (Fsp3) is 0.562. The van der Waals surface area contributed by atoms with Crippen molar-refractivity contribution >= 4 is 18.3 Å². The van der Waals surface area contributed by atoms with Crippen LogP contribution in [0.2, 0.25) is 0 Å². The summed E-state index contributed by atoms with van der Waals surface area (Å²) in [7, 11) is 0. The monoisotopic (exact) mass is 312 g/mol. The van der Waals surface area contributed by atoms with E-state index in [4.69, 9.17) is 10.5 Å². The van der Waals surface area contributed by atoms with Gasteiger partial charge >= 0.3 is 0 Å². The predicted octanol–water partition coefficient (Wildman–Crippen LogP) is 2.51. The Morgan fingerprint density at radius 3 is 2.76 bits per heavy atom. The molecule has 0 radical (unpaired) electrons. The SMILES string of the molecule is CC(CNC(=O)C1CCCC(N)C1)Oc1ccccc1.Cl. The highest BCUT2D eigenvalue weighted by Crippen LogP contribution is 2.23. The van der Waals surface area contributed by atoms with Gasteiger partial charge in [0.1, 0.15) is 11.9 Å². The van der Waals surface area contributed by atoms with E-state index in [1.807, 2.05) is 37.3 Å². The number of nitrogens with two attached hydrogens (primary N) is 1. The van der Waals surface area contributed by atoms with Gasteiger partial charge in [-0.25, -0.2) is 0 Å². The van der Waals surface area contributed by atoms with E-state index in [1.54, 1.807) is 0 Å². The molecule has 0 aliphatic heterocycles. The van der Waals surface area contributed by atoms with Crippen LogP contribution in [0, 0.1) is 5.92 Å². The molecular formula is C16H25ClN2O2. The lowest BCUT2D eigenvalue weighted by atomic mass is 9.85. The lowest BCUT2D eigenvalue weighted by molar-refractivity contribution is -0.126. The maximum atomic E-state index is 12.1. The van der Waals surface area contributed by atoms with Crippen molar-refractivity contribution in [3.8, 4) is 5.75 Å². The van der Waals surface area contributed by atoms with Gasteiger partial charge in [-0.15, -0.1) is 12.4 Å². The second-order valence-corrected chi connectivity index (χ2v) is 5.61. The summed E-state index contributed by atoms with van der Waals surface area (Å²) in [5.74, 6) is 1.01. The Bertz CT molecular complexity index is 428. The highest BCUT2D eigenvalue weighted by Gasteiger charge is 2.25. The minimum atomic E-state index is -0.0429. The average Bonchev–Trinajstić information content (AvgIpc) is 2.46. The topological polar surface area (TPSA) is 64.4 Å². The van der Waals surface area contributed by atoms with Crippen LogP contribution in [0.25, 0.3) is 0 Å². The van der Waals surface area contributed by atoms with Gasteiger partial charge in [-0.3, -0.25) is 4.79 Å². The Labute approximate surface area is 132 Å². The van der Waals surface area contributed by atoms with E-state index in [0.29, 0.717) is 6.54 Å². The molecular weight excluding hydrogens is 288 g/mol. The zero-order chi connectivity index (χ0) is 14.4. The van der Waals surface area contributed by atoms with Crippen molar-refractivity contribution in [3.05, 3.63) is 30.3 Å². The van der Waals surface area contributed by atoms with Crippen molar-refractivity contribution in [1.82, 2.24) is 5.32 Å². The summed E-state index contributed by atoms with van der Waals surface area (Å²) in [5.41, 5.74) is 5.92. The summed E-state index contributed by atoms with van der Waals surface area (Å²) in [6.07, 6.45) is 3.80. The third-order valence-electron chi connectivity index (χ3n) is 3.73. The van der Waals surface area contributed by atoms with E-state index >= 15 is 0 Å². The third-order valence-corrected chi connectivity index (χ3v) is 3.73. The molecule has 0 heterocycles. The van der Waals surface area contributed by atoms with Crippen molar-refractivity contribution in [3.63, 3.8) is 0 Å². The summed E-state index contributed by atoms with van der Waals surface area (Å²) in [6.45, 7) is 2.49. The summed E-state index contributed by atoms with van der Waals surface area (Å²) < 4.78 is 5.73. The summed E-state index contributed by atoms with van der Waals surface area (Å²) >= 11 is 0. The quantitative estimate of drug-likeness (QED) is 0.878. The molecule has 4 nitrogen and oxygen atoms in total. The normalized spacial score (nSPS) is 22.8. The fourth-order valence-electron chi connectivity index (χ4n) is 2.63. The van der Waals surface area contributed by atoms with Gasteiger partial charge in [-0.2, -0.15) is 0 Å². The summed E-state index contributed by atoms with van der Waals surface area (Å²) in [6, 6.07) is 9.83. The lowest BCUT2D eigenvalue weighted by Crippen LogP contribution is -2.41. The number of amides is 1. The predicted molar refractivity (Wildman–Crippen MR) is 86.7 cm³/mol. The number of ether oxygens (including phenoxy) is 1. The number of carbonyl (C=O) groups is 1. The van der Waals surface area contributed by atoms with Crippen molar-refractivity contribution in [1.29, 1.82) is 0 Å². The number of para-hydroxylation sites is 1. The number of hydrogen-bond donors (Lipinski definition) is 2. The number of benzene rings is 1. The Kier molecular flexibility index (Phi) is 7.54. The molecule has 1 fully saturated rings. The summed E-state index contributed by atoms with van der Waals surface area (Å²) in [5, 5.41) is 2.97. The van der Waals surface area contributed by atoms with Crippen LogP contribution < -0.4 is 15.8 Å². The van der Waals surface area contributed by atoms with Gasteiger partial charge in [0, 0.05) is 12.0 Å². The molecule has 3 atom stereocenters. The molecule has 0 spiro atoms. The first-order chi connectivity index (χ1) is 9.65. The van der Waals surface area contributed by atoms with Gasteiger partial charge in [0.25, 0.3) is 0 Å². The Balaban J connectivity index is 0.00000220. The van der Waals surface area contributed by atoms with E-state index < -0.39 is 0 Å². The highest BCUT2D eigenvalue weighted by atomic mass is 35.5. The number of hydrogen-bond acceptors (Lipinski definition) is 3. The number of carbonyl (C=O) groups excluding carboxylic acids is 1. The van der Waals surface area contributed by atoms with Crippen molar-refractivity contribution in [2.75, 3.05) is 6.54 Å². The van der Waals surface area contributed by atoms with Gasteiger partial charge in [-0.05, 0) is 38.3 Å². The first kappa shape index (κ1) is 17.8. The minimum Gasteiger partial charge on any atom is -0.489 e. The van der Waals surface area contributed by atoms with Crippen molar-refractivity contribution in [2.24, 2.45) is 11.7 Å². The first-order valence-corrected chi connectivity index (χ1v) is 7.40. The Morgan fingerprint density at radius 2 is 2.10 bits per heavy atom. The fourth-order valence-corrected chi connectivity index (χ4v) is 2.63. The second-order valence-electron chi connectivity index (χ2n) is 5.61. The molecule has 0 bridgehead atoms. The van der Waals surface area contributed by atoms with Crippen molar-refractivity contribution in [2.45, 2.75) is 44.8 Å². The van der Waals surface area contributed by atoms with E-state index in [0.717, 1.165) is 31.4 Å². The number of halogens is 1. The van der Waals surface area contributed by atoms with Crippen LogP contribution in [0.5, 0.6) is 5.75 Å². The molecule has 1 aromatic carbocycles. The van der Waals surface area contributed by atoms with E-state index in [1.165, 1.54) is 0 Å². The largest absolute Gasteiger partial charge is 0.489 e. The molecule has 21 heavy (non-hydrogen) atoms. The molecule has 2 rings (SSSR count). The molecule has 3 unspecified atom stereocenters. The molecule has 1 aliphatic carbocycles. The van der Waals surface area contributed by atoms with E-state index in [-0.39, 0.29) is 36.4 Å². The lowest BCUT2D eigenvalue weighted by Gasteiger charge is -2.26. The van der Waals surface area contributed by atoms with Gasteiger partial charge in [0.05, 0.1) is 6.54 Å². The van der Waals surface area contributed by atoms with Crippen LogP contribution in [-0.4, -0.2) is 24.6 Å². The van der Waals surface area contributed by atoms with Crippen LogP contribution in [0.4, 0.5) is 0 Å². The van der Waals surface area contributed by atoms with E-state index in [2.05, 4.69) is 5.32 Å².